The van der Waals surface area contributed by atoms with E-state index in [1.54, 1.807) is 37.2 Å². The first kappa shape index (κ1) is 15.2. The molecule has 0 aliphatic carbocycles. The first-order valence-corrected chi connectivity index (χ1v) is 7.14. The summed E-state index contributed by atoms with van der Waals surface area (Å²) < 4.78 is 1.42. The molecule has 0 fully saturated rings. The van der Waals surface area contributed by atoms with Crippen molar-refractivity contribution in [2.75, 3.05) is 24.7 Å². The highest BCUT2D eigenvalue weighted by atomic mass is 35.5. The summed E-state index contributed by atoms with van der Waals surface area (Å²) in [5.41, 5.74) is 6.04. The molecule has 3 rings (SSSR count). The minimum Gasteiger partial charge on any atom is -0.368 e. The van der Waals surface area contributed by atoms with Crippen LogP contribution in [0.15, 0.2) is 29.3 Å². The molecule has 2 heterocycles. The summed E-state index contributed by atoms with van der Waals surface area (Å²) in [4.78, 5) is 30.8. The molecule has 0 atom stereocenters. The lowest BCUT2D eigenvalue weighted by molar-refractivity contribution is 0.700. The van der Waals surface area contributed by atoms with E-state index >= 15 is 0 Å². The molecule has 0 aliphatic heterocycles. The maximum absolute atomic E-state index is 12.5. The Labute approximate surface area is 136 Å². The van der Waals surface area contributed by atoms with Crippen molar-refractivity contribution in [3.63, 3.8) is 0 Å². The first-order chi connectivity index (χ1) is 10.9. The van der Waals surface area contributed by atoms with Crippen LogP contribution in [0.4, 0.5) is 11.9 Å². The third-order valence-corrected chi connectivity index (χ3v) is 3.42. The van der Waals surface area contributed by atoms with Crippen LogP contribution in [-0.4, -0.2) is 38.6 Å². The largest absolute Gasteiger partial charge is 0.368 e. The van der Waals surface area contributed by atoms with Crippen LogP contribution < -0.4 is 16.2 Å². The second-order valence-corrected chi connectivity index (χ2v) is 5.58. The lowest BCUT2D eigenvalue weighted by Gasteiger charge is -2.12. The summed E-state index contributed by atoms with van der Waals surface area (Å²) in [7, 11) is 3.60. The molecule has 0 aliphatic rings. The van der Waals surface area contributed by atoms with Gasteiger partial charge in [-0.25, -0.2) is 4.98 Å². The van der Waals surface area contributed by atoms with E-state index in [0.29, 0.717) is 27.7 Å². The van der Waals surface area contributed by atoms with E-state index in [4.69, 9.17) is 17.3 Å². The molecular formula is C14H14ClN7O. The molecule has 23 heavy (non-hydrogen) atoms. The molecule has 0 saturated heterocycles. The smallest absolute Gasteiger partial charge is 0.261 e. The van der Waals surface area contributed by atoms with Crippen LogP contribution in [0.25, 0.3) is 10.9 Å². The van der Waals surface area contributed by atoms with Gasteiger partial charge in [0.2, 0.25) is 11.9 Å². The van der Waals surface area contributed by atoms with Gasteiger partial charge in [-0.2, -0.15) is 15.0 Å². The van der Waals surface area contributed by atoms with Gasteiger partial charge < -0.3 is 10.6 Å². The molecule has 2 N–H and O–H groups in total. The van der Waals surface area contributed by atoms with Crippen molar-refractivity contribution in [2.24, 2.45) is 0 Å². The summed E-state index contributed by atoms with van der Waals surface area (Å²) in [6, 6.07) is 4.95. The highest BCUT2D eigenvalue weighted by molar-refractivity contribution is 6.31. The van der Waals surface area contributed by atoms with E-state index in [-0.39, 0.29) is 18.1 Å². The molecule has 0 saturated carbocycles. The zero-order chi connectivity index (χ0) is 16.6. The predicted molar refractivity (Wildman–Crippen MR) is 88.7 cm³/mol. The topological polar surface area (TPSA) is 103 Å². The van der Waals surface area contributed by atoms with Crippen LogP contribution in [0.2, 0.25) is 5.02 Å². The maximum Gasteiger partial charge on any atom is 0.261 e. The van der Waals surface area contributed by atoms with Crippen molar-refractivity contribution in [1.82, 2.24) is 24.5 Å². The van der Waals surface area contributed by atoms with Crippen molar-refractivity contribution in [3.8, 4) is 0 Å². The molecule has 3 aromatic rings. The molecule has 0 radical (unpaired) electrons. The number of anilines is 2. The molecule has 0 amide bonds. The Balaban J connectivity index is 2.04. The summed E-state index contributed by atoms with van der Waals surface area (Å²) in [5.74, 6) is 0.923. The molecule has 0 unspecified atom stereocenters. The average Bonchev–Trinajstić information content (AvgIpc) is 2.49. The number of halogens is 1. The third kappa shape index (κ3) is 3.07. The van der Waals surface area contributed by atoms with Crippen LogP contribution in [-0.2, 0) is 6.54 Å². The van der Waals surface area contributed by atoms with Crippen LogP contribution in [0.5, 0.6) is 0 Å². The predicted octanol–water partition coefficient (Wildman–Crippen LogP) is 0.931. The van der Waals surface area contributed by atoms with Gasteiger partial charge in [-0.3, -0.25) is 9.36 Å². The minimum atomic E-state index is -0.197. The van der Waals surface area contributed by atoms with E-state index in [1.165, 1.54) is 10.9 Å². The SMILES string of the molecule is CN(C)c1nc(N)nc(Cn2cnc3cc(Cl)ccc3c2=O)n1. The number of nitrogen functional groups attached to an aromatic ring is 1. The highest BCUT2D eigenvalue weighted by Gasteiger charge is 2.10. The molecule has 1 aromatic carbocycles. The average molecular weight is 332 g/mol. The first-order valence-electron chi connectivity index (χ1n) is 6.76. The lowest BCUT2D eigenvalue weighted by atomic mass is 10.2. The normalized spacial score (nSPS) is 10.9. The highest BCUT2D eigenvalue weighted by Crippen LogP contribution is 2.14. The number of nitrogens with two attached hydrogens (primary N) is 1. The van der Waals surface area contributed by atoms with Crippen LogP contribution >= 0.6 is 11.6 Å². The summed E-state index contributed by atoms with van der Waals surface area (Å²) in [6.07, 6.45) is 1.44. The Hall–Kier alpha value is -2.74. The van der Waals surface area contributed by atoms with Crippen molar-refractivity contribution < 1.29 is 0 Å². The van der Waals surface area contributed by atoms with Gasteiger partial charge in [0.25, 0.3) is 5.56 Å². The fourth-order valence-corrected chi connectivity index (χ4v) is 2.26. The second kappa shape index (κ2) is 5.81. The summed E-state index contributed by atoms with van der Waals surface area (Å²) >= 11 is 5.91. The van der Waals surface area contributed by atoms with Gasteiger partial charge in [0, 0.05) is 19.1 Å². The Morgan fingerprint density at radius 3 is 2.78 bits per heavy atom. The van der Waals surface area contributed by atoms with E-state index in [1.807, 2.05) is 0 Å². The van der Waals surface area contributed by atoms with E-state index in [9.17, 15) is 4.79 Å². The quantitative estimate of drug-likeness (QED) is 0.761. The van der Waals surface area contributed by atoms with E-state index < -0.39 is 0 Å². The monoisotopic (exact) mass is 331 g/mol. The molecule has 0 spiro atoms. The lowest BCUT2D eigenvalue weighted by Crippen LogP contribution is -2.23. The van der Waals surface area contributed by atoms with Gasteiger partial charge in [0.15, 0.2) is 5.82 Å². The van der Waals surface area contributed by atoms with Gasteiger partial charge in [0.1, 0.15) is 0 Å². The molecule has 9 heteroatoms. The molecule has 118 valence electrons. The second-order valence-electron chi connectivity index (χ2n) is 5.14. The maximum atomic E-state index is 12.5. The standard InChI is InChI=1S/C14H14ClN7O/c1-21(2)14-19-11(18-13(16)20-14)6-22-7-17-10-5-8(15)3-4-9(10)12(22)23/h3-5,7H,6H2,1-2H3,(H2,16,18,19,20). The van der Waals surface area contributed by atoms with E-state index in [0.717, 1.165) is 0 Å². The summed E-state index contributed by atoms with van der Waals surface area (Å²) in [6.45, 7) is 0.151. The van der Waals surface area contributed by atoms with Crippen molar-refractivity contribution >= 4 is 34.4 Å². The molecular weight excluding hydrogens is 318 g/mol. The van der Waals surface area contributed by atoms with Gasteiger partial charge in [0.05, 0.1) is 23.8 Å². The third-order valence-electron chi connectivity index (χ3n) is 3.19. The van der Waals surface area contributed by atoms with Crippen molar-refractivity contribution in [1.29, 1.82) is 0 Å². The summed E-state index contributed by atoms with van der Waals surface area (Å²) in [5, 5.41) is 1.01. The van der Waals surface area contributed by atoms with Crippen LogP contribution in [0, 0.1) is 0 Å². The number of hydrogen-bond donors (Lipinski definition) is 1. The molecule has 8 nitrogen and oxygen atoms in total. The zero-order valence-electron chi connectivity index (χ0n) is 12.6. The minimum absolute atomic E-state index is 0.104. The number of aromatic nitrogens is 5. The van der Waals surface area contributed by atoms with Crippen molar-refractivity contribution in [3.05, 3.63) is 45.7 Å². The molecule has 0 bridgehead atoms. The number of nitrogens with zero attached hydrogens (tertiary/aromatic N) is 6. The van der Waals surface area contributed by atoms with Gasteiger partial charge in [-0.15, -0.1) is 0 Å². The van der Waals surface area contributed by atoms with E-state index in [2.05, 4.69) is 19.9 Å². The Morgan fingerprint density at radius 2 is 2.04 bits per heavy atom. The Bertz CT molecular complexity index is 938. The van der Waals surface area contributed by atoms with Crippen LogP contribution in [0.1, 0.15) is 5.82 Å². The number of hydrogen-bond acceptors (Lipinski definition) is 7. The zero-order valence-corrected chi connectivity index (χ0v) is 13.3. The number of rotatable bonds is 3. The van der Waals surface area contributed by atoms with Crippen LogP contribution in [0.3, 0.4) is 0 Å². The van der Waals surface area contributed by atoms with Gasteiger partial charge >= 0.3 is 0 Å². The number of fused-ring (bicyclic) bond motifs is 1. The Morgan fingerprint density at radius 1 is 1.26 bits per heavy atom. The number of benzene rings is 1. The van der Waals surface area contributed by atoms with Crippen molar-refractivity contribution in [2.45, 2.75) is 6.54 Å². The Kier molecular flexibility index (Phi) is 3.83. The van der Waals surface area contributed by atoms with Gasteiger partial charge in [-0.1, -0.05) is 11.6 Å². The fraction of sp³-hybridized carbons (Fsp3) is 0.214. The van der Waals surface area contributed by atoms with Gasteiger partial charge in [-0.05, 0) is 18.2 Å². The fourth-order valence-electron chi connectivity index (χ4n) is 2.09. The molecule has 2 aromatic heterocycles.